The van der Waals surface area contributed by atoms with E-state index < -0.39 is 28.3 Å². The standard InChI is InChI=1S/C25H29F3N4O3S/c1-17-15-21(29-10-13-33)6-5-18(17)7-14-36(35)32-11-8-24(9-12-32)23(34)30-22(31-24)19-3-2-4-20(16-19)25(26,27)28/h2-6,15-16,29,33H,7-14H2,1H3,(H,30,31,34). The summed E-state index contributed by atoms with van der Waals surface area (Å²) in [6, 6.07) is 10.7. The lowest BCUT2D eigenvalue weighted by atomic mass is 9.89. The molecule has 2 heterocycles. The number of amides is 1. The van der Waals surface area contributed by atoms with Gasteiger partial charge in [0.1, 0.15) is 11.4 Å². The molecule has 3 N–H and O–H groups in total. The van der Waals surface area contributed by atoms with Gasteiger partial charge in [0.25, 0.3) is 5.91 Å². The Bertz CT molecular complexity index is 1180. The molecule has 7 nitrogen and oxygen atoms in total. The fourth-order valence-electron chi connectivity index (χ4n) is 4.51. The van der Waals surface area contributed by atoms with E-state index in [1.165, 1.54) is 12.1 Å². The number of rotatable bonds is 8. The van der Waals surface area contributed by atoms with Crippen molar-refractivity contribution in [1.82, 2.24) is 9.62 Å². The number of piperidine rings is 1. The largest absolute Gasteiger partial charge is 0.416 e. The van der Waals surface area contributed by atoms with Gasteiger partial charge in [0.2, 0.25) is 0 Å². The normalized spacial score (nSPS) is 18.7. The molecule has 1 unspecified atom stereocenters. The molecule has 0 bridgehead atoms. The predicted molar refractivity (Wildman–Crippen MR) is 133 cm³/mol. The van der Waals surface area contributed by atoms with E-state index in [1.54, 1.807) is 0 Å². The zero-order valence-electron chi connectivity index (χ0n) is 19.9. The maximum absolute atomic E-state index is 13.1. The van der Waals surface area contributed by atoms with Gasteiger partial charge in [0.15, 0.2) is 0 Å². The first-order valence-electron chi connectivity index (χ1n) is 11.8. The smallest absolute Gasteiger partial charge is 0.395 e. The average Bonchev–Trinajstić information content (AvgIpc) is 3.17. The summed E-state index contributed by atoms with van der Waals surface area (Å²) < 4.78 is 54.0. The summed E-state index contributed by atoms with van der Waals surface area (Å²) in [7, 11) is -1.23. The number of nitrogens with one attached hydrogen (secondary N) is 2. The molecule has 0 aliphatic carbocycles. The number of aryl methyl sites for hydroxylation is 2. The van der Waals surface area contributed by atoms with Crippen molar-refractivity contribution in [1.29, 1.82) is 0 Å². The molecule has 11 heteroatoms. The quantitative estimate of drug-likeness (QED) is 0.497. The summed E-state index contributed by atoms with van der Waals surface area (Å²) in [5, 5.41) is 14.7. The van der Waals surface area contributed by atoms with E-state index >= 15 is 0 Å². The number of hydrogen-bond acceptors (Lipinski definition) is 5. The molecule has 2 aromatic rings. The highest BCUT2D eigenvalue weighted by Gasteiger charge is 2.46. The Morgan fingerprint density at radius 3 is 2.61 bits per heavy atom. The van der Waals surface area contributed by atoms with E-state index in [2.05, 4.69) is 15.6 Å². The van der Waals surface area contributed by atoms with Gasteiger partial charge in [-0.1, -0.05) is 18.2 Å². The molecule has 1 spiro atoms. The van der Waals surface area contributed by atoms with E-state index in [0.717, 1.165) is 28.9 Å². The van der Waals surface area contributed by atoms with Gasteiger partial charge in [0.05, 0.1) is 23.2 Å². The Hall–Kier alpha value is -2.76. The summed E-state index contributed by atoms with van der Waals surface area (Å²) in [6.45, 7) is 3.33. The maximum Gasteiger partial charge on any atom is 0.416 e. The molecule has 2 aliphatic heterocycles. The van der Waals surface area contributed by atoms with Crippen molar-refractivity contribution in [3.8, 4) is 0 Å². The molecule has 1 fully saturated rings. The Morgan fingerprint density at radius 2 is 1.94 bits per heavy atom. The van der Waals surface area contributed by atoms with Crippen molar-refractivity contribution in [2.45, 2.75) is 37.9 Å². The van der Waals surface area contributed by atoms with Crippen LogP contribution < -0.4 is 10.6 Å². The van der Waals surface area contributed by atoms with Crippen LogP contribution in [0.3, 0.4) is 0 Å². The van der Waals surface area contributed by atoms with Crippen LogP contribution in [0.4, 0.5) is 18.9 Å². The number of aliphatic hydroxyl groups excluding tert-OH is 1. The zero-order valence-corrected chi connectivity index (χ0v) is 20.7. The van der Waals surface area contributed by atoms with Crippen LogP contribution in [0.1, 0.15) is 35.1 Å². The molecule has 0 saturated carbocycles. The van der Waals surface area contributed by atoms with Crippen molar-refractivity contribution in [3.05, 3.63) is 64.7 Å². The number of nitrogens with zero attached hydrogens (tertiary/aromatic N) is 2. The lowest BCUT2D eigenvalue weighted by Gasteiger charge is -2.34. The fourth-order valence-corrected chi connectivity index (χ4v) is 5.75. The molecule has 2 aliphatic rings. The van der Waals surface area contributed by atoms with Crippen molar-refractivity contribution >= 4 is 28.4 Å². The molecule has 2 aromatic carbocycles. The minimum absolute atomic E-state index is 0.0520. The molecule has 0 radical (unpaired) electrons. The molecule has 0 aromatic heterocycles. The van der Waals surface area contributed by atoms with E-state index in [-0.39, 0.29) is 23.9 Å². The highest BCUT2D eigenvalue weighted by Crippen LogP contribution is 2.33. The highest BCUT2D eigenvalue weighted by atomic mass is 32.2. The van der Waals surface area contributed by atoms with Gasteiger partial charge in [-0.15, -0.1) is 0 Å². The third kappa shape index (κ3) is 5.79. The van der Waals surface area contributed by atoms with E-state index in [4.69, 9.17) is 5.11 Å². The van der Waals surface area contributed by atoms with Crippen molar-refractivity contribution in [2.24, 2.45) is 4.99 Å². The second kappa shape index (κ2) is 10.7. The van der Waals surface area contributed by atoms with Gasteiger partial charge >= 0.3 is 6.18 Å². The third-order valence-corrected chi connectivity index (χ3v) is 8.11. The Balaban J connectivity index is 1.36. The second-order valence-electron chi connectivity index (χ2n) is 9.02. The van der Waals surface area contributed by atoms with Crippen LogP contribution in [-0.4, -0.2) is 62.9 Å². The van der Waals surface area contributed by atoms with Crippen LogP contribution in [-0.2, 0) is 28.4 Å². The minimum Gasteiger partial charge on any atom is -0.395 e. The maximum atomic E-state index is 13.1. The average molecular weight is 523 g/mol. The summed E-state index contributed by atoms with van der Waals surface area (Å²) in [5.41, 5.74) is 1.47. The van der Waals surface area contributed by atoms with Crippen LogP contribution in [0.15, 0.2) is 47.5 Å². The van der Waals surface area contributed by atoms with Crippen LogP contribution >= 0.6 is 0 Å². The van der Waals surface area contributed by atoms with E-state index in [1.807, 2.05) is 29.4 Å². The molecule has 1 saturated heterocycles. The number of amidine groups is 1. The number of aliphatic hydroxyl groups is 1. The van der Waals surface area contributed by atoms with Crippen LogP contribution in [0.2, 0.25) is 0 Å². The van der Waals surface area contributed by atoms with Crippen LogP contribution in [0, 0.1) is 6.92 Å². The molecule has 194 valence electrons. The Morgan fingerprint density at radius 1 is 1.19 bits per heavy atom. The Labute approximate surface area is 210 Å². The summed E-state index contributed by atoms with van der Waals surface area (Å²) >= 11 is 0. The van der Waals surface area contributed by atoms with E-state index in [0.29, 0.717) is 44.6 Å². The number of carbonyl (C=O) groups is 1. The van der Waals surface area contributed by atoms with Gasteiger partial charge < -0.3 is 15.7 Å². The number of carbonyl (C=O) groups excluding carboxylic acids is 1. The second-order valence-corrected chi connectivity index (χ2v) is 10.6. The van der Waals surface area contributed by atoms with Crippen molar-refractivity contribution < 1.29 is 27.3 Å². The summed E-state index contributed by atoms with van der Waals surface area (Å²) in [5.74, 6) is 0.265. The first kappa shape index (κ1) is 26.3. The number of anilines is 1. The molecule has 1 amide bonds. The molecular formula is C25H29F3N4O3S. The predicted octanol–water partition coefficient (Wildman–Crippen LogP) is 3.04. The van der Waals surface area contributed by atoms with Crippen molar-refractivity contribution in [3.63, 3.8) is 0 Å². The van der Waals surface area contributed by atoms with Crippen LogP contribution in [0.5, 0.6) is 0 Å². The molecule has 4 rings (SSSR count). The van der Waals surface area contributed by atoms with Crippen LogP contribution in [0.25, 0.3) is 0 Å². The van der Waals surface area contributed by atoms with Gasteiger partial charge in [-0.25, -0.2) is 8.51 Å². The van der Waals surface area contributed by atoms with Crippen molar-refractivity contribution in [2.75, 3.05) is 37.3 Å². The summed E-state index contributed by atoms with van der Waals surface area (Å²) in [6.07, 6.45) is -3.16. The lowest BCUT2D eigenvalue weighted by molar-refractivity contribution is -0.137. The topological polar surface area (TPSA) is 94.0 Å². The number of benzene rings is 2. The SMILES string of the molecule is Cc1cc(NCCO)ccc1CCS(=O)N1CCC2(CC1)N=C(c1cccc(C(F)(F)F)c1)NC2=O. The first-order chi connectivity index (χ1) is 17.1. The summed E-state index contributed by atoms with van der Waals surface area (Å²) in [4.78, 5) is 17.3. The minimum atomic E-state index is -4.48. The van der Waals surface area contributed by atoms with Gasteiger partial charge in [0, 0.05) is 36.6 Å². The number of aliphatic imine (C=N–C) groups is 1. The lowest BCUT2D eigenvalue weighted by Crippen LogP contribution is -2.49. The Kier molecular flexibility index (Phi) is 7.82. The fraction of sp³-hybridized carbons (Fsp3) is 0.440. The number of alkyl halides is 3. The van der Waals surface area contributed by atoms with Gasteiger partial charge in [-0.05, 0) is 61.6 Å². The first-order valence-corrected chi connectivity index (χ1v) is 13.1. The molecule has 1 atom stereocenters. The van der Waals surface area contributed by atoms with Gasteiger partial charge in [-0.2, -0.15) is 13.2 Å². The number of hydrogen-bond donors (Lipinski definition) is 3. The monoisotopic (exact) mass is 522 g/mol. The van der Waals surface area contributed by atoms with E-state index in [9.17, 15) is 22.2 Å². The van der Waals surface area contributed by atoms with Gasteiger partial charge in [-0.3, -0.25) is 9.79 Å². The highest BCUT2D eigenvalue weighted by molar-refractivity contribution is 7.82. The number of halogens is 3. The zero-order chi connectivity index (χ0) is 25.9. The molecular weight excluding hydrogens is 493 g/mol. The third-order valence-electron chi connectivity index (χ3n) is 6.61. The molecule has 36 heavy (non-hydrogen) atoms.